The minimum Gasteiger partial charge on any atom is -0.381 e. The van der Waals surface area contributed by atoms with E-state index < -0.39 is 0 Å². The van der Waals surface area contributed by atoms with Crippen LogP contribution in [0.4, 0.5) is 0 Å². The smallest absolute Gasteiger partial charge is 0.236 e. The summed E-state index contributed by atoms with van der Waals surface area (Å²) in [6, 6.07) is 9.19. The number of amides is 1. The van der Waals surface area contributed by atoms with Crippen molar-refractivity contribution in [3.05, 3.63) is 35.4 Å². The molecule has 1 amide bonds. The molecule has 2 aliphatic rings. The Kier molecular flexibility index (Phi) is 5.42. The van der Waals surface area contributed by atoms with Crippen molar-refractivity contribution in [3.63, 3.8) is 0 Å². The lowest BCUT2D eigenvalue weighted by Crippen LogP contribution is -2.41. The van der Waals surface area contributed by atoms with E-state index in [2.05, 4.69) is 36.1 Å². The predicted molar refractivity (Wildman–Crippen MR) is 91.1 cm³/mol. The number of likely N-dealkylation sites (tertiary alicyclic amines) is 1. The molecule has 0 saturated carbocycles. The number of thioether (sulfide) groups is 1. The van der Waals surface area contributed by atoms with E-state index in [4.69, 9.17) is 4.74 Å². The molecule has 120 valence electrons. The maximum Gasteiger partial charge on any atom is 0.236 e. The van der Waals surface area contributed by atoms with Crippen molar-refractivity contribution in [2.75, 3.05) is 19.8 Å². The van der Waals surface area contributed by atoms with Crippen molar-refractivity contribution in [2.24, 2.45) is 0 Å². The topological polar surface area (TPSA) is 29.5 Å². The van der Waals surface area contributed by atoms with Crippen LogP contribution in [0, 0.1) is 0 Å². The minimum absolute atomic E-state index is 0.147. The summed E-state index contributed by atoms with van der Waals surface area (Å²) < 4.78 is 5.40. The van der Waals surface area contributed by atoms with Crippen LogP contribution in [0.5, 0.6) is 0 Å². The van der Waals surface area contributed by atoms with Crippen molar-refractivity contribution in [1.29, 1.82) is 0 Å². The van der Waals surface area contributed by atoms with E-state index in [1.165, 1.54) is 11.1 Å². The first-order valence-electron chi connectivity index (χ1n) is 8.35. The molecule has 0 radical (unpaired) electrons. The fourth-order valence-corrected chi connectivity index (χ4v) is 4.39. The van der Waals surface area contributed by atoms with E-state index in [9.17, 15) is 4.79 Å². The van der Waals surface area contributed by atoms with Crippen LogP contribution < -0.4 is 0 Å². The number of ether oxygens (including phenoxy) is 1. The third-order valence-corrected chi connectivity index (χ3v) is 6.04. The second kappa shape index (κ2) is 7.51. The van der Waals surface area contributed by atoms with E-state index in [0.717, 1.165) is 51.2 Å². The Labute approximate surface area is 137 Å². The zero-order valence-corrected chi connectivity index (χ0v) is 14.1. The van der Waals surface area contributed by atoms with Gasteiger partial charge in [-0.3, -0.25) is 4.79 Å². The van der Waals surface area contributed by atoms with E-state index in [0.29, 0.717) is 11.9 Å². The first kappa shape index (κ1) is 15.9. The van der Waals surface area contributed by atoms with Crippen LogP contribution in [0.2, 0.25) is 0 Å². The van der Waals surface area contributed by atoms with Gasteiger partial charge in [-0.1, -0.05) is 31.2 Å². The SMILES string of the molecule is CCc1ccc(CS[C@@H]2CCN(C3CCOCC3)C2=O)cc1. The quantitative estimate of drug-likeness (QED) is 0.834. The number of rotatable bonds is 5. The molecule has 0 N–H and O–H groups in total. The van der Waals surface area contributed by atoms with Gasteiger partial charge in [-0.15, -0.1) is 11.8 Å². The number of hydrogen-bond acceptors (Lipinski definition) is 3. The maximum atomic E-state index is 12.6. The van der Waals surface area contributed by atoms with Crippen LogP contribution >= 0.6 is 11.8 Å². The fraction of sp³-hybridized carbons (Fsp3) is 0.611. The largest absolute Gasteiger partial charge is 0.381 e. The highest BCUT2D eigenvalue weighted by molar-refractivity contribution is 7.99. The van der Waals surface area contributed by atoms with Gasteiger partial charge in [0.1, 0.15) is 0 Å². The van der Waals surface area contributed by atoms with Crippen molar-refractivity contribution < 1.29 is 9.53 Å². The van der Waals surface area contributed by atoms with E-state index in [-0.39, 0.29) is 5.25 Å². The Morgan fingerprint density at radius 3 is 2.50 bits per heavy atom. The summed E-state index contributed by atoms with van der Waals surface area (Å²) in [5, 5.41) is 0.147. The Bertz CT molecular complexity index is 496. The molecule has 1 atom stereocenters. The van der Waals surface area contributed by atoms with Crippen LogP contribution in [0.25, 0.3) is 0 Å². The molecule has 2 saturated heterocycles. The monoisotopic (exact) mass is 319 g/mol. The van der Waals surface area contributed by atoms with Gasteiger partial charge in [-0.2, -0.15) is 0 Å². The number of benzene rings is 1. The molecule has 1 aromatic carbocycles. The van der Waals surface area contributed by atoms with Crippen LogP contribution in [0.15, 0.2) is 24.3 Å². The molecule has 0 spiro atoms. The highest BCUT2D eigenvalue weighted by Crippen LogP contribution is 2.30. The Hall–Kier alpha value is -1.00. The van der Waals surface area contributed by atoms with E-state index in [1.54, 1.807) is 11.8 Å². The van der Waals surface area contributed by atoms with Gasteiger partial charge in [0.05, 0.1) is 5.25 Å². The van der Waals surface area contributed by atoms with Gasteiger partial charge in [-0.05, 0) is 36.8 Å². The summed E-state index contributed by atoms with van der Waals surface area (Å²) in [5.74, 6) is 1.28. The van der Waals surface area contributed by atoms with Gasteiger partial charge in [0, 0.05) is 31.6 Å². The Morgan fingerprint density at radius 2 is 1.82 bits per heavy atom. The van der Waals surface area contributed by atoms with Gasteiger partial charge < -0.3 is 9.64 Å². The molecule has 0 aromatic heterocycles. The first-order valence-corrected chi connectivity index (χ1v) is 9.40. The first-order chi connectivity index (χ1) is 10.8. The standard InChI is InChI=1S/C18H25NO2S/c1-2-14-3-5-15(6-4-14)13-22-17-7-10-19(18(17)20)16-8-11-21-12-9-16/h3-6,16-17H,2,7-13H2,1H3/t17-/m1/s1. The molecule has 0 bridgehead atoms. The molecule has 1 aromatic rings. The minimum atomic E-state index is 0.147. The molecule has 2 aliphatic heterocycles. The Balaban J connectivity index is 1.51. The molecule has 4 heteroatoms. The number of carbonyl (C=O) groups excluding carboxylic acids is 1. The van der Waals surface area contributed by atoms with Crippen molar-refractivity contribution in [1.82, 2.24) is 4.90 Å². The van der Waals surface area contributed by atoms with Crippen LogP contribution in [0.3, 0.4) is 0 Å². The lowest BCUT2D eigenvalue weighted by Gasteiger charge is -2.31. The maximum absolute atomic E-state index is 12.6. The van der Waals surface area contributed by atoms with Gasteiger partial charge in [0.2, 0.25) is 5.91 Å². The average molecular weight is 319 g/mol. The number of aryl methyl sites for hydroxylation is 1. The third kappa shape index (κ3) is 3.66. The second-order valence-corrected chi connectivity index (χ2v) is 7.32. The van der Waals surface area contributed by atoms with Crippen LogP contribution in [0.1, 0.15) is 37.3 Å². The van der Waals surface area contributed by atoms with Crippen LogP contribution in [-0.4, -0.2) is 41.9 Å². The predicted octanol–water partition coefficient (Wildman–Crippen LogP) is 3.26. The zero-order valence-electron chi connectivity index (χ0n) is 13.3. The molecule has 0 unspecified atom stereocenters. The van der Waals surface area contributed by atoms with Crippen LogP contribution in [-0.2, 0) is 21.7 Å². The van der Waals surface area contributed by atoms with Gasteiger partial charge >= 0.3 is 0 Å². The lowest BCUT2D eigenvalue weighted by molar-refractivity contribution is -0.130. The Morgan fingerprint density at radius 1 is 1.14 bits per heavy atom. The highest BCUT2D eigenvalue weighted by Gasteiger charge is 2.36. The molecular formula is C18H25NO2S. The van der Waals surface area contributed by atoms with E-state index in [1.807, 2.05) is 0 Å². The summed E-state index contributed by atoms with van der Waals surface area (Å²) in [4.78, 5) is 14.7. The second-order valence-electron chi connectivity index (χ2n) is 6.13. The molecule has 2 heterocycles. The normalized spacial score (nSPS) is 23.2. The number of hydrogen-bond donors (Lipinski definition) is 0. The molecule has 2 fully saturated rings. The lowest BCUT2D eigenvalue weighted by atomic mass is 10.1. The summed E-state index contributed by atoms with van der Waals surface area (Å²) in [6.07, 6.45) is 4.08. The zero-order chi connectivity index (χ0) is 15.4. The van der Waals surface area contributed by atoms with E-state index >= 15 is 0 Å². The van der Waals surface area contributed by atoms with Gasteiger partial charge in [-0.25, -0.2) is 0 Å². The number of nitrogens with zero attached hydrogens (tertiary/aromatic N) is 1. The summed E-state index contributed by atoms with van der Waals surface area (Å²) in [5.41, 5.74) is 2.69. The van der Waals surface area contributed by atoms with Crippen molar-refractivity contribution in [3.8, 4) is 0 Å². The van der Waals surface area contributed by atoms with Crippen molar-refractivity contribution in [2.45, 2.75) is 49.7 Å². The summed E-state index contributed by atoms with van der Waals surface area (Å²) in [7, 11) is 0. The molecule has 3 nitrogen and oxygen atoms in total. The summed E-state index contributed by atoms with van der Waals surface area (Å²) >= 11 is 1.80. The summed E-state index contributed by atoms with van der Waals surface area (Å²) in [6.45, 7) is 4.70. The number of carbonyl (C=O) groups is 1. The molecule has 22 heavy (non-hydrogen) atoms. The van der Waals surface area contributed by atoms with Gasteiger partial charge in [0.15, 0.2) is 0 Å². The molecular weight excluding hydrogens is 294 g/mol. The molecule has 0 aliphatic carbocycles. The third-order valence-electron chi connectivity index (χ3n) is 4.70. The van der Waals surface area contributed by atoms with Gasteiger partial charge in [0.25, 0.3) is 0 Å². The molecule has 3 rings (SSSR count). The fourth-order valence-electron chi connectivity index (χ4n) is 3.26. The average Bonchev–Trinajstić information content (AvgIpc) is 2.95. The highest BCUT2D eigenvalue weighted by atomic mass is 32.2. The van der Waals surface area contributed by atoms with Crippen molar-refractivity contribution >= 4 is 17.7 Å².